The van der Waals surface area contributed by atoms with Crippen molar-refractivity contribution < 1.29 is 10.2 Å². The van der Waals surface area contributed by atoms with Crippen LogP contribution < -0.4 is 0 Å². The maximum absolute atomic E-state index is 9.10. The highest BCUT2D eigenvalue weighted by atomic mass is 16.3. The average molecular weight is 288 g/mol. The van der Waals surface area contributed by atoms with Gasteiger partial charge >= 0.3 is 0 Å². The number of aliphatic hydroxyl groups excluding tert-OH is 2. The van der Waals surface area contributed by atoms with E-state index in [-0.39, 0.29) is 13.2 Å². The summed E-state index contributed by atoms with van der Waals surface area (Å²) in [6.45, 7) is 11.1. The van der Waals surface area contributed by atoms with Gasteiger partial charge in [0, 0.05) is 26.3 Å². The molecular formula is C16H36N2O2. The van der Waals surface area contributed by atoms with E-state index in [1.807, 2.05) is 0 Å². The van der Waals surface area contributed by atoms with Crippen LogP contribution in [0, 0.1) is 0 Å². The minimum absolute atomic E-state index is 0.246. The lowest BCUT2D eigenvalue weighted by atomic mass is 10.1. The Hall–Kier alpha value is -0.160. The summed E-state index contributed by atoms with van der Waals surface area (Å²) in [4.78, 5) is 4.96. The van der Waals surface area contributed by atoms with Gasteiger partial charge in [-0.2, -0.15) is 0 Å². The molecule has 1 atom stereocenters. The van der Waals surface area contributed by atoms with Crippen LogP contribution in [0.5, 0.6) is 0 Å². The molecule has 0 heterocycles. The first kappa shape index (κ1) is 19.8. The number of hydrogen-bond acceptors (Lipinski definition) is 4. The van der Waals surface area contributed by atoms with Crippen LogP contribution in [0.1, 0.15) is 59.3 Å². The van der Waals surface area contributed by atoms with Crippen molar-refractivity contribution in [3.05, 3.63) is 0 Å². The molecule has 0 bridgehead atoms. The third-order valence-corrected chi connectivity index (χ3v) is 3.93. The first-order valence-electron chi connectivity index (χ1n) is 8.44. The number of rotatable bonds is 14. The maximum Gasteiger partial charge on any atom is 0.0622 e. The fraction of sp³-hybridized carbons (Fsp3) is 1.00. The summed E-state index contributed by atoms with van der Waals surface area (Å²) in [6.07, 6.45) is 7.06. The number of nitrogens with zero attached hydrogens (tertiary/aromatic N) is 2. The number of aliphatic hydroxyl groups is 2. The van der Waals surface area contributed by atoms with Crippen molar-refractivity contribution in [3.63, 3.8) is 0 Å². The van der Waals surface area contributed by atoms with Gasteiger partial charge in [-0.25, -0.2) is 0 Å². The second-order valence-electron chi connectivity index (χ2n) is 5.39. The minimum Gasteiger partial charge on any atom is -0.396 e. The third kappa shape index (κ3) is 8.20. The van der Waals surface area contributed by atoms with Gasteiger partial charge in [0.25, 0.3) is 0 Å². The van der Waals surface area contributed by atoms with Crippen molar-refractivity contribution in [1.82, 2.24) is 9.80 Å². The molecule has 0 aliphatic rings. The van der Waals surface area contributed by atoms with Crippen LogP contribution in [0.4, 0.5) is 0 Å². The van der Waals surface area contributed by atoms with Crippen molar-refractivity contribution in [1.29, 1.82) is 0 Å². The Morgan fingerprint density at radius 2 is 1.30 bits per heavy atom. The van der Waals surface area contributed by atoms with E-state index in [2.05, 4.69) is 30.6 Å². The summed E-state index contributed by atoms with van der Waals surface area (Å²) in [7, 11) is 0. The molecule has 0 aromatic heterocycles. The first-order chi connectivity index (χ1) is 9.74. The van der Waals surface area contributed by atoms with E-state index in [9.17, 15) is 0 Å². The van der Waals surface area contributed by atoms with Crippen molar-refractivity contribution in [2.75, 3.05) is 39.4 Å². The van der Waals surface area contributed by atoms with Gasteiger partial charge in [0.15, 0.2) is 0 Å². The van der Waals surface area contributed by atoms with Gasteiger partial charge < -0.3 is 10.2 Å². The Bertz CT molecular complexity index is 191. The topological polar surface area (TPSA) is 46.9 Å². The quantitative estimate of drug-likeness (QED) is 0.380. The van der Waals surface area contributed by atoms with Crippen molar-refractivity contribution in [3.8, 4) is 0 Å². The summed E-state index contributed by atoms with van der Waals surface area (Å²) >= 11 is 0. The molecule has 20 heavy (non-hydrogen) atoms. The monoisotopic (exact) mass is 288 g/mol. The van der Waals surface area contributed by atoms with E-state index in [1.165, 1.54) is 25.7 Å². The lowest BCUT2D eigenvalue weighted by Crippen LogP contribution is -2.49. The predicted octanol–water partition coefficient (Wildman–Crippen LogP) is 2.30. The third-order valence-electron chi connectivity index (χ3n) is 3.93. The molecule has 0 rings (SSSR count). The van der Waals surface area contributed by atoms with Gasteiger partial charge in [0.05, 0.1) is 6.17 Å². The Morgan fingerprint density at radius 3 is 1.70 bits per heavy atom. The lowest BCUT2D eigenvalue weighted by molar-refractivity contribution is 0.0324. The molecule has 1 unspecified atom stereocenters. The van der Waals surface area contributed by atoms with Crippen molar-refractivity contribution in [2.24, 2.45) is 0 Å². The lowest BCUT2D eigenvalue weighted by Gasteiger charge is -2.39. The van der Waals surface area contributed by atoms with Crippen LogP contribution in [-0.4, -0.2) is 65.6 Å². The molecule has 2 N–H and O–H groups in total. The van der Waals surface area contributed by atoms with E-state index >= 15 is 0 Å². The summed E-state index contributed by atoms with van der Waals surface area (Å²) in [5.41, 5.74) is 0. The smallest absolute Gasteiger partial charge is 0.0622 e. The Morgan fingerprint density at radius 1 is 0.750 bits per heavy atom. The highest BCUT2D eigenvalue weighted by Crippen LogP contribution is 2.15. The highest BCUT2D eigenvalue weighted by Gasteiger charge is 2.22. The van der Waals surface area contributed by atoms with E-state index < -0.39 is 0 Å². The van der Waals surface area contributed by atoms with Crippen LogP contribution in [0.2, 0.25) is 0 Å². The zero-order chi connectivity index (χ0) is 15.2. The summed E-state index contributed by atoms with van der Waals surface area (Å²) in [6, 6.07) is 0. The zero-order valence-electron chi connectivity index (χ0n) is 13.9. The highest BCUT2D eigenvalue weighted by molar-refractivity contribution is 4.73. The molecule has 0 aliphatic heterocycles. The van der Waals surface area contributed by atoms with Crippen molar-refractivity contribution >= 4 is 0 Å². The first-order valence-corrected chi connectivity index (χ1v) is 8.44. The SMILES string of the molecule is CCCCCC(N(CC)CC)N(CCCO)CCCO. The van der Waals surface area contributed by atoms with Gasteiger partial charge in [0.2, 0.25) is 0 Å². The standard InChI is InChI=1S/C16H36N2O2/c1-4-7-8-11-16(17(5-2)6-3)18(12-9-14-19)13-10-15-20/h16,19-20H,4-15H2,1-3H3. The molecule has 0 saturated carbocycles. The summed E-state index contributed by atoms with van der Waals surface area (Å²) < 4.78 is 0. The van der Waals surface area contributed by atoms with Crippen LogP contribution in [0.25, 0.3) is 0 Å². The predicted molar refractivity (Wildman–Crippen MR) is 85.8 cm³/mol. The Labute approximate surface area is 125 Å². The van der Waals surface area contributed by atoms with Crippen LogP contribution in [0.3, 0.4) is 0 Å². The normalized spacial score (nSPS) is 13.3. The van der Waals surface area contributed by atoms with E-state index in [0.717, 1.165) is 39.0 Å². The molecule has 122 valence electrons. The van der Waals surface area contributed by atoms with Crippen molar-refractivity contribution in [2.45, 2.75) is 65.5 Å². The Kier molecular flexibility index (Phi) is 13.7. The van der Waals surface area contributed by atoms with E-state index in [4.69, 9.17) is 10.2 Å². The van der Waals surface area contributed by atoms with Crippen LogP contribution in [0.15, 0.2) is 0 Å². The van der Waals surface area contributed by atoms with Gasteiger partial charge in [-0.1, -0.05) is 40.0 Å². The maximum atomic E-state index is 9.10. The Balaban J connectivity index is 4.66. The fourth-order valence-corrected chi connectivity index (χ4v) is 2.78. The van der Waals surface area contributed by atoms with E-state index in [1.54, 1.807) is 0 Å². The molecule has 4 heteroatoms. The molecule has 0 fully saturated rings. The molecule has 0 aromatic carbocycles. The van der Waals surface area contributed by atoms with Gasteiger partial charge in [-0.15, -0.1) is 0 Å². The van der Waals surface area contributed by atoms with Gasteiger partial charge in [0.1, 0.15) is 0 Å². The molecule has 0 amide bonds. The second kappa shape index (κ2) is 13.8. The molecule has 0 spiro atoms. The second-order valence-corrected chi connectivity index (χ2v) is 5.39. The zero-order valence-corrected chi connectivity index (χ0v) is 13.9. The summed E-state index contributed by atoms with van der Waals surface area (Å²) in [5.74, 6) is 0. The minimum atomic E-state index is 0.246. The molecule has 0 aromatic rings. The summed E-state index contributed by atoms with van der Waals surface area (Å²) in [5, 5.41) is 18.2. The molecular weight excluding hydrogens is 252 g/mol. The molecule has 0 radical (unpaired) electrons. The number of hydrogen-bond donors (Lipinski definition) is 2. The molecule has 0 aliphatic carbocycles. The van der Waals surface area contributed by atoms with E-state index in [0.29, 0.717) is 6.17 Å². The average Bonchev–Trinajstić information content (AvgIpc) is 2.47. The van der Waals surface area contributed by atoms with Crippen LogP contribution in [-0.2, 0) is 0 Å². The van der Waals surface area contributed by atoms with Gasteiger partial charge in [-0.3, -0.25) is 9.80 Å². The number of unbranched alkanes of at least 4 members (excludes halogenated alkanes) is 2. The largest absolute Gasteiger partial charge is 0.396 e. The van der Waals surface area contributed by atoms with Crippen LogP contribution >= 0.6 is 0 Å². The van der Waals surface area contributed by atoms with Gasteiger partial charge in [-0.05, 0) is 32.4 Å². The fourth-order valence-electron chi connectivity index (χ4n) is 2.78. The molecule has 0 saturated heterocycles. The molecule has 4 nitrogen and oxygen atoms in total.